The minimum absolute atomic E-state index is 0.904. The van der Waals surface area contributed by atoms with Crippen molar-refractivity contribution in [2.24, 2.45) is 0 Å². The molecule has 6 nitrogen and oxygen atoms in total. The van der Waals surface area contributed by atoms with Crippen molar-refractivity contribution in [2.75, 3.05) is 52.4 Å². The average Bonchev–Trinajstić information content (AvgIpc) is 2.94. The van der Waals surface area contributed by atoms with E-state index in [1.54, 1.807) is 0 Å². The number of hydrogen-bond acceptors (Lipinski definition) is 4. The Balaban J connectivity index is -0.000000586. The first-order valence-electron chi connectivity index (χ1n) is 18.6. The van der Waals surface area contributed by atoms with E-state index in [9.17, 15) is 14.4 Å². The van der Waals surface area contributed by atoms with Crippen LogP contribution in [0, 0.1) is 0 Å². The molecule has 7 heteroatoms. The van der Waals surface area contributed by atoms with Crippen LogP contribution in [-0.2, 0) is 9.09 Å². The van der Waals surface area contributed by atoms with Crippen LogP contribution in [0.5, 0.6) is 0 Å². The van der Waals surface area contributed by atoms with Crippen molar-refractivity contribution in [3.63, 3.8) is 0 Å². The number of nitrogens with zero attached hydrogens (tertiary/aromatic N) is 2. The minimum atomic E-state index is -4.79. The van der Waals surface area contributed by atoms with Gasteiger partial charge in [-0.2, -0.15) is 0 Å². The SMILES string of the molecule is CC(C)(C)OP(=O)([O-])[O-].CCCC[N+](CCCC)(CCCC)CCCC.CCCC[N+](CCCC)(CCCC)CCCC. The lowest BCUT2D eigenvalue weighted by atomic mass is 10.1. The zero-order chi connectivity index (χ0) is 33.7. The Kier molecular flexibility index (Phi) is 32.5. The number of quaternary nitrogens is 2. The monoisotopic (exact) mass is 637 g/mol. The van der Waals surface area contributed by atoms with Gasteiger partial charge in [0.1, 0.15) is 0 Å². The summed E-state index contributed by atoms with van der Waals surface area (Å²) in [7, 11) is -4.79. The molecule has 0 bridgehead atoms. The van der Waals surface area contributed by atoms with Crippen molar-refractivity contribution in [1.29, 1.82) is 0 Å². The van der Waals surface area contributed by atoms with Gasteiger partial charge in [0.15, 0.2) is 0 Å². The molecular formula is C36H81N2O4P. The van der Waals surface area contributed by atoms with Crippen molar-refractivity contribution < 1.29 is 27.8 Å². The van der Waals surface area contributed by atoms with Crippen LogP contribution in [0.1, 0.15) is 179 Å². The van der Waals surface area contributed by atoms with E-state index in [1.807, 2.05) is 0 Å². The number of rotatable bonds is 25. The molecule has 0 radical (unpaired) electrons. The molecule has 264 valence electrons. The minimum Gasteiger partial charge on any atom is -0.790 e. The summed E-state index contributed by atoms with van der Waals surface area (Å²) in [5.41, 5.74) is -0.904. The van der Waals surface area contributed by atoms with Crippen molar-refractivity contribution in [3.05, 3.63) is 0 Å². The van der Waals surface area contributed by atoms with Crippen LogP contribution in [0.15, 0.2) is 0 Å². The van der Waals surface area contributed by atoms with E-state index < -0.39 is 13.4 Å². The van der Waals surface area contributed by atoms with Crippen LogP contribution in [0.25, 0.3) is 0 Å². The molecule has 0 aliphatic heterocycles. The second-order valence-electron chi connectivity index (χ2n) is 14.0. The van der Waals surface area contributed by atoms with Crippen LogP contribution >= 0.6 is 7.82 Å². The molecule has 0 fully saturated rings. The molecule has 0 aromatic heterocycles. The van der Waals surface area contributed by atoms with Gasteiger partial charge in [0, 0.05) is 0 Å². The highest BCUT2D eigenvalue weighted by Gasteiger charge is 2.25. The Bertz CT molecular complexity index is 508. The predicted octanol–water partition coefficient (Wildman–Crippen LogP) is 9.64. The quantitative estimate of drug-likeness (QED) is 0.0739. The fraction of sp³-hybridized carbons (Fsp3) is 1.00. The number of hydrogen-bond donors (Lipinski definition) is 0. The van der Waals surface area contributed by atoms with Gasteiger partial charge in [0.05, 0.1) is 65.8 Å². The Hall–Kier alpha value is 0.0300. The summed E-state index contributed by atoms with van der Waals surface area (Å²) in [5, 5.41) is 0. The lowest BCUT2D eigenvalue weighted by molar-refractivity contribution is -0.929. The van der Waals surface area contributed by atoms with Crippen molar-refractivity contribution in [2.45, 2.75) is 184 Å². The molecule has 0 rings (SSSR count). The molecule has 0 heterocycles. The van der Waals surface area contributed by atoms with Crippen molar-refractivity contribution in [1.82, 2.24) is 0 Å². The van der Waals surface area contributed by atoms with E-state index in [4.69, 9.17) is 0 Å². The summed E-state index contributed by atoms with van der Waals surface area (Å²) >= 11 is 0. The number of phosphoric acid groups is 1. The molecule has 0 aromatic carbocycles. The molecule has 0 saturated heterocycles. The molecule has 0 aliphatic carbocycles. The first-order chi connectivity index (χ1) is 20.2. The summed E-state index contributed by atoms with van der Waals surface area (Å²) in [6.45, 7) is 34.5. The van der Waals surface area contributed by atoms with Crippen LogP contribution in [0.4, 0.5) is 0 Å². The van der Waals surface area contributed by atoms with Gasteiger partial charge in [-0.1, -0.05) is 107 Å². The molecule has 0 atom stereocenters. The standard InChI is InChI=1S/2C16H36N.C4H11O4P/c2*1-5-9-13-17(14-10-6-2,15-11-7-3)16-12-8-4;1-4(2,3)8-9(5,6)7/h2*5-16H2,1-4H3;1-3H3,(H2,5,6,7)/q2*+1;/p-2. The normalized spacial score (nSPS) is 12.4. The first kappa shape index (κ1) is 47.4. The fourth-order valence-corrected chi connectivity index (χ4v) is 6.30. The van der Waals surface area contributed by atoms with Crippen LogP contribution in [0.3, 0.4) is 0 Å². The van der Waals surface area contributed by atoms with E-state index in [-0.39, 0.29) is 0 Å². The first-order valence-corrected chi connectivity index (χ1v) is 20.1. The Morgan fingerprint density at radius 2 is 0.605 bits per heavy atom. The highest BCUT2D eigenvalue weighted by Crippen LogP contribution is 2.31. The van der Waals surface area contributed by atoms with Gasteiger partial charge in [0.2, 0.25) is 0 Å². The zero-order valence-corrected chi connectivity index (χ0v) is 32.3. The molecule has 0 aromatic rings. The maximum absolute atomic E-state index is 9.90. The van der Waals surface area contributed by atoms with Gasteiger partial charge in [0.25, 0.3) is 0 Å². The molecule has 0 spiro atoms. The van der Waals surface area contributed by atoms with Gasteiger partial charge in [-0.05, 0) is 72.1 Å². The van der Waals surface area contributed by atoms with Crippen LogP contribution in [-0.4, -0.2) is 66.9 Å². The molecule has 0 N–H and O–H groups in total. The summed E-state index contributed by atoms with van der Waals surface area (Å²) in [6.07, 6.45) is 22.1. The number of phosphoric ester groups is 1. The maximum Gasteiger partial charge on any atom is 0.0786 e. The van der Waals surface area contributed by atoms with Gasteiger partial charge in [-0.3, -0.25) is 0 Å². The molecule has 0 saturated carbocycles. The zero-order valence-electron chi connectivity index (χ0n) is 31.4. The molecule has 0 aliphatic rings. The van der Waals surface area contributed by atoms with Gasteiger partial charge in [-0.15, -0.1) is 0 Å². The molecule has 0 amide bonds. The summed E-state index contributed by atoms with van der Waals surface area (Å²) < 4.78 is 16.8. The van der Waals surface area contributed by atoms with E-state index >= 15 is 0 Å². The average molecular weight is 637 g/mol. The van der Waals surface area contributed by atoms with Gasteiger partial charge >= 0.3 is 0 Å². The van der Waals surface area contributed by atoms with E-state index in [0.29, 0.717) is 0 Å². The maximum atomic E-state index is 9.90. The third-order valence-electron chi connectivity index (χ3n) is 8.27. The van der Waals surface area contributed by atoms with Crippen molar-refractivity contribution in [3.8, 4) is 0 Å². The second kappa shape index (κ2) is 29.4. The third-order valence-corrected chi connectivity index (χ3v) is 9.05. The summed E-state index contributed by atoms with van der Waals surface area (Å²) in [4.78, 5) is 19.8. The van der Waals surface area contributed by atoms with E-state index in [2.05, 4.69) is 59.9 Å². The smallest absolute Gasteiger partial charge is 0.0786 e. The molecule has 43 heavy (non-hydrogen) atoms. The molecular weight excluding hydrogens is 555 g/mol. The highest BCUT2D eigenvalue weighted by molar-refractivity contribution is 7.43. The highest BCUT2D eigenvalue weighted by atomic mass is 31.2. The fourth-order valence-electron chi connectivity index (χ4n) is 5.63. The lowest BCUT2D eigenvalue weighted by Crippen LogP contribution is -2.50. The lowest BCUT2D eigenvalue weighted by Gasteiger charge is -2.39. The number of unbranched alkanes of at least 4 members (excludes halogenated alkanes) is 8. The van der Waals surface area contributed by atoms with Crippen LogP contribution in [0.2, 0.25) is 0 Å². The summed E-state index contributed by atoms with van der Waals surface area (Å²) in [5.74, 6) is 0. The predicted molar refractivity (Wildman–Crippen MR) is 187 cm³/mol. The Morgan fingerprint density at radius 3 is 0.674 bits per heavy atom. The summed E-state index contributed by atoms with van der Waals surface area (Å²) in [6, 6.07) is 0. The van der Waals surface area contributed by atoms with Crippen molar-refractivity contribution >= 4 is 7.82 Å². The van der Waals surface area contributed by atoms with Gasteiger partial charge in [-0.25, -0.2) is 0 Å². The van der Waals surface area contributed by atoms with Gasteiger partial charge < -0.3 is 27.8 Å². The van der Waals surface area contributed by atoms with E-state index in [0.717, 1.165) is 0 Å². The molecule has 0 unspecified atom stereocenters. The Morgan fingerprint density at radius 1 is 0.442 bits per heavy atom. The largest absolute Gasteiger partial charge is 0.790 e. The topological polar surface area (TPSA) is 72.4 Å². The van der Waals surface area contributed by atoms with E-state index in [1.165, 1.54) is 185 Å². The van der Waals surface area contributed by atoms with Crippen LogP contribution < -0.4 is 9.79 Å². The third kappa shape index (κ3) is 31.8. The second-order valence-corrected chi connectivity index (χ2v) is 15.0. The Labute approximate surface area is 272 Å².